The van der Waals surface area contributed by atoms with Gasteiger partial charge in [-0.2, -0.15) is 0 Å². The zero-order chi connectivity index (χ0) is 22.8. The maximum absolute atomic E-state index is 13.3. The number of carbonyl (C=O) groups excluding carboxylic acids is 2. The molecule has 5 rings (SSSR count). The Morgan fingerprint density at radius 3 is 2.33 bits per heavy atom. The van der Waals surface area contributed by atoms with Gasteiger partial charge in [-0.05, 0) is 52.6 Å². The van der Waals surface area contributed by atoms with Crippen molar-refractivity contribution in [1.29, 1.82) is 0 Å². The molecule has 5 heteroatoms. The molecule has 1 atom stereocenters. The summed E-state index contributed by atoms with van der Waals surface area (Å²) in [5.74, 6) is 0.532. The number of phenols is 1. The van der Waals surface area contributed by atoms with Gasteiger partial charge < -0.3 is 14.6 Å². The molecule has 1 aliphatic heterocycles. The number of para-hydroxylation sites is 1. The predicted octanol–water partition coefficient (Wildman–Crippen LogP) is 5.90. The summed E-state index contributed by atoms with van der Waals surface area (Å²) in [6.45, 7) is 0.149. The first-order chi connectivity index (χ1) is 16.1. The Hall–Kier alpha value is -4.12. The number of phenolic OH excluding ortho intramolecular Hbond substituents is 1. The number of hydrogen-bond acceptors (Lipinski definition) is 5. The summed E-state index contributed by atoms with van der Waals surface area (Å²) in [7, 11) is 0. The Bertz CT molecular complexity index is 1360. The zero-order valence-corrected chi connectivity index (χ0v) is 17.9. The van der Waals surface area contributed by atoms with Crippen molar-refractivity contribution in [1.82, 2.24) is 0 Å². The molecule has 0 bridgehead atoms. The summed E-state index contributed by atoms with van der Waals surface area (Å²) >= 11 is 0. The van der Waals surface area contributed by atoms with Gasteiger partial charge in [0.05, 0.1) is 5.56 Å². The van der Waals surface area contributed by atoms with Gasteiger partial charge in [-0.1, -0.05) is 54.6 Å². The molecule has 4 aromatic rings. The highest BCUT2D eigenvalue weighted by Gasteiger charge is 2.25. The SMILES string of the molecule is O=C(CC(CC(=O)c1ccccc1O)c1ccc2c(c1)OCO2)c1ccc2ccccc2c1. The van der Waals surface area contributed by atoms with Crippen molar-refractivity contribution in [3.8, 4) is 17.2 Å². The summed E-state index contributed by atoms with van der Waals surface area (Å²) < 4.78 is 10.9. The summed E-state index contributed by atoms with van der Waals surface area (Å²) in [4.78, 5) is 26.3. The minimum Gasteiger partial charge on any atom is -0.507 e. The van der Waals surface area contributed by atoms with Crippen LogP contribution in [0.15, 0.2) is 84.9 Å². The number of aromatic hydroxyl groups is 1. The van der Waals surface area contributed by atoms with Crippen molar-refractivity contribution < 1.29 is 24.2 Å². The number of Topliss-reactive ketones (excluding diaryl/α,β-unsaturated/α-hetero) is 2. The largest absolute Gasteiger partial charge is 0.507 e. The molecule has 0 saturated heterocycles. The van der Waals surface area contributed by atoms with Crippen LogP contribution in [0.25, 0.3) is 10.8 Å². The lowest BCUT2D eigenvalue weighted by Crippen LogP contribution is -2.13. The molecule has 0 fully saturated rings. The Morgan fingerprint density at radius 1 is 0.758 bits per heavy atom. The average Bonchev–Trinajstić information content (AvgIpc) is 3.31. The second-order valence-corrected chi connectivity index (χ2v) is 8.14. The van der Waals surface area contributed by atoms with Crippen LogP contribution in [-0.4, -0.2) is 23.5 Å². The first-order valence-electron chi connectivity index (χ1n) is 10.8. The van der Waals surface area contributed by atoms with Crippen LogP contribution in [0.5, 0.6) is 17.2 Å². The van der Waals surface area contributed by atoms with E-state index in [-0.39, 0.29) is 48.4 Å². The van der Waals surface area contributed by atoms with Crippen LogP contribution < -0.4 is 9.47 Å². The van der Waals surface area contributed by atoms with E-state index >= 15 is 0 Å². The number of fused-ring (bicyclic) bond motifs is 2. The lowest BCUT2D eigenvalue weighted by Gasteiger charge is -2.17. The fourth-order valence-electron chi connectivity index (χ4n) is 4.22. The Kier molecular flexibility index (Phi) is 5.53. The Labute approximate surface area is 191 Å². The third-order valence-corrected chi connectivity index (χ3v) is 6.01. The summed E-state index contributed by atoms with van der Waals surface area (Å²) in [6.07, 6.45) is 0.230. The molecule has 1 heterocycles. The van der Waals surface area contributed by atoms with Gasteiger partial charge in [0.15, 0.2) is 23.1 Å². The van der Waals surface area contributed by atoms with Crippen molar-refractivity contribution in [3.63, 3.8) is 0 Å². The molecule has 1 N–H and O–H groups in total. The minimum absolute atomic E-state index is 0.0477. The molecule has 1 unspecified atom stereocenters. The van der Waals surface area contributed by atoms with Crippen LogP contribution >= 0.6 is 0 Å². The molecular formula is C28H22O5. The van der Waals surface area contributed by atoms with Crippen LogP contribution in [-0.2, 0) is 0 Å². The first-order valence-corrected chi connectivity index (χ1v) is 10.8. The third kappa shape index (κ3) is 4.30. The van der Waals surface area contributed by atoms with Gasteiger partial charge in [0.1, 0.15) is 5.75 Å². The number of rotatable bonds is 7. The number of hydrogen-bond donors (Lipinski definition) is 1. The number of carbonyl (C=O) groups is 2. The maximum Gasteiger partial charge on any atom is 0.231 e. The van der Waals surface area contributed by atoms with E-state index in [1.807, 2.05) is 54.6 Å². The van der Waals surface area contributed by atoms with Crippen molar-refractivity contribution in [3.05, 3.63) is 102 Å². The first kappa shape index (κ1) is 20.8. The molecule has 1 aliphatic rings. The fraction of sp³-hybridized carbons (Fsp3) is 0.143. The molecule has 0 aliphatic carbocycles. The van der Waals surface area contributed by atoms with E-state index in [9.17, 15) is 14.7 Å². The van der Waals surface area contributed by atoms with E-state index in [4.69, 9.17) is 9.47 Å². The molecule has 0 saturated carbocycles. The number of ketones is 2. The van der Waals surface area contributed by atoms with Crippen LogP contribution in [0, 0.1) is 0 Å². The van der Waals surface area contributed by atoms with E-state index in [1.165, 1.54) is 6.07 Å². The molecule has 0 radical (unpaired) electrons. The normalized spacial score (nSPS) is 13.1. The van der Waals surface area contributed by atoms with Gasteiger partial charge in [-0.15, -0.1) is 0 Å². The lowest BCUT2D eigenvalue weighted by molar-refractivity contribution is 0.0943. The minimum atomic E-state index is -0.384. The monoisotopic (exact) mass is 438 g/mol. The lowest BCUT2D eigenvalue weighted by atomic mass is 9.85. The van der Waals surface area contributed by atoms with Crippen molar-refractivity contribution in [2.45, 2.75) is 18.8 Å². The molecule has 4 aromatic carbocycles. The molecule has 0 spiro atoms. The highest BCUT2D eigenvalue weighted by Crippen LogP contribution is 2.37. The van der Waals surface area contributed by atoms with E-state index in [2.05, 4.69) is 0 Å². The van der Waals surface area contributed by atoms with Crippen molar-refractivity contribution >= 4 is 22.3 Å². The fourth-order valence-corrected chi connectivity index (χ4v) is 4.22. The second-order valence-electron chi connectivity index (χ2n) is 8.14. The van der Waals surface area contributed by atoms with E-state index in [1.54, 1.807) is 24.3 Å². The average molecular weight is 438 g/mol. The predicted molar refractivity (Wildman–Crippen MR) is 125 cm³/mol. The zero-order valence-electron chi connectivity index (χ0n) is 17.9. The number of benzene rings is 4. The van der Waals surface area contributed by atoms with Gasteiger partial charge in [-0.3, -0.25) is 9.59 Å². The summed E-state index contributed by atoms with van der Waals surface area (Å²) in [5.41, 5.74) is 1.67. The Balaban J connectivity index is 1.45. The maximum atomic E-state index is 13.3. The van der Waals surface area contributed by atoms with Gasteiger partial charge in [0.25, 0.3) is 0 Å². The van der Waals surface area contributed by atoms with Crippen LogP contribution in [0.1, 0.15) is 45.0 Å². The van der Waals surface area contributed by atoms with Gasteiger partial charge in [0, 0.05) is 18.4 Å². The van der Waals surface area contributed by atoms with Crippen molar-refractivity contribution in [2.24, 2.45) is 0 Å². The second kappa shape index (κ2) is 8.79. The molecule has 5 nitrogen and oxygen atoms in total. The Morgan fingerprint density at radius 2 is 1.48 bits per heavy atom. The highest BCUT2D eigenvalue weighted by molar-refractivity contribution is 6.02. The van der Waals surface area contributed by atoms with Crippen LogP contribution in [0.3, 0.4) is 0 Å². The van der Waals surface area contributed by atoms with E-state index < -0.39 is 0 Å². The smallest absolute Gasteiger partial charge is 0.231 e. The highest BCUT2D eigenvalue weighted by atomic mass is 16.7. The summed E-state index contributed by atoms with van der Waals surface area (Å²) in [6, 6.07) is 25.5. The van der Waals surface area contributed by atoms with Crippen LogP contribution in [0.4, 0.5) is 0 Å². The van der Waals surface area contributed by atoms with E-state index in [0.29, 0.717) is 17.1 Å². The molecule has 164 valence electrons. The number of ether oxygens (including phenoxy) is 2. The standard InChI is InChI=1S/C28H22O5/c29-24-8-4-3-7-23(24)26(31)15-22(20-11-12-27-28(16-20)33-17-32-27)14-25(30)21-10-9-18-5-1-2-6-19(18)13-21/h1-13,16,22,29H,14-15,17H2. The third-order valence-electron chi connectivity index (χ3n) is 6.01. The van der Waals surface area contributed by atoms with Crippen LogP contribution in [0.2, 0.25) is 0 Å². The van der Waals surface area contributed by atoms with Gasteiger partial charge in [0.2, 0.25) is 6.79 Å². The van der Waals surface area contributed by atoms with E-state index in [0.717, 1.165) is 16.3 Å². The topological polar surface area (TPSA) is 72.8 Å². The van der Waals surface area contributed by atoms with Gasteiger partial charge >= 0.3 is 0 Å². The van der Waals surface area contributed by atoms with Crippen molar-refractivity contribution in [2.75, 3.05) is 6.79 Å². The van der Waals surface area contributed by atoms with Gasteiger partial charge in [-0.25, -0.2) is 0 Å². The summed E-state index contributed by atoms with van der Waals surface area (Å²) in [5, 5.41) is 12.2. The quantitative estimate of drug-likeness (QED) is 0.364. The molecule has 0 amide bonds. The molecular weight excluding hydrogens is 416 g/mol. The molecule has 0 aromatic heterocycles. The molecule has 33 heavy (non-hydrogen) atoms.